The molecule has 3 rings (SSSR count). The predicted octanol–water partition coefficient (Wildman–Crippen LogP) is 4.50. The Morgan fingerprint density at radius 3 is 2.40 bits per heavy atom. The Morgan fingerprint density at radius 1 is 0.960 bits per heavy atom. The topological polar surface area (TPSA) is 54.9 Å². The second kappa shape index (κ2) is 8.64. The molecule has 1 heterocycles. The van der Waals surface area contributed by atoms with Crippen molar-refractivity contribution in [3.05, 3.63) is 72.8 Å². The summed E-state index contributed by atoms with van der Waals surface area (Å²) in [5, 5.41) is 3.96. The molecule has 1 amide bonds. The Hall–Kier alpha value is -2.38. The highest BCUT2D eigenvalue weighted by Crippen LogP contribution is 2.32. The van der Waals surface area contributed by atoms with E-state index < -0.39 is 5.82 Å². The van der Waals surface area contributed by atoms with Crippen LogP contribution < -0.4 is 5.32 Å². The molecule has 1 N–H and O–H groups in total. The number of anilines is 1. The summed E-state index contributed by atoms with van der Waals surface area (Å²) in [6.07, 6.45) is 3.21. The van der Waals surface area contributed by atoms with Crippen molar-refractivity contribution in [3.8, 4) is 0 Å². The Balaban J connectivity index is 1.63. The van der Waals surface area contributed by atoms with Gasteiger partial charge in [-0.25, -0.2) is 14.4 Å². The number of nitrogens with zero attached hydrogens (tertiary/aromatic N) is 2. The zero-order valence-electron chi connectivity index (χ0n) is 13.1. The van der Waals surface area contributed by atoms with Crippen molar-refractivity contribution < 1.29 is 9.18 Å². The molecule has 0 saturated heterocycles. The van der Waals surface area contributed by atoms with Gasteiger partial charge in [-0.3, -0.25) is 4.79 Å². The first kappa shape index (κ1) is 17.4. The Kier molecular flexibility index (Phi) is 6.03. The molecule has 3 aromatic rings. The number of rotatable bonds is 6. The van der Waals surface area contributed by atoms with Gasteiger partial charge < -0.3 is 5.32 Å². The van der Waals surface area contributed by atoms with E-state index in [0.29, 0.717) is 5.03 Å². The van der Waals surface area contributed by atoms with Gasteiger partial charge in [0.25, 0.3) is 0 Å². The van der Waals surface area contributed by atoms with Gasteiger partial charge in [0.1, 0.15) is 15.9 Å². The SMILES string of the molecule is O=C(CSc1nccnc1Sc1ccccc1)Nc1ccccc1F. The van der Waals surface area contributed by atoms with Crippen molar-refractivity contribution in [1.82, 2.24) is 9.97 Å². The third-order valence-corrected chi connectivity index (χ3v) is 5.19. The number of carbonyl (C=O) groups is 1. The van der Waals surface area contributed by atoms with E-state index in [1.165, 1.54) is 35.7 Å². The van der Waals surface area contributed by atoms with Crippen LogP contribution in [-0.2, 0) is 4.79 Å². The summed E-state index contributed by atoms with van der Waals surface area (Å²) in [6.45, 7) is 0. The van der Waals surface area contributed by atoms with Gasteiger partial charge in [-0.05, 0) is 24.3 Å². The van der Waals surface area contributed by atoms with Crippen LogP contribution in [0, 0.1) is 5.82 Å². The molecule has 2 aromatic carbocycles. The Morgan fingerprint density at radius 2 is 1.64 bits per heavy atom. The van der Waals surface area contributed by atoms with Crippen LogP contribution in [0.5, 0.6) is 0 Å². The molecule has 25 heavy (non-hydrogen) atoms. The molecule has 0 aliphatic rings. The Labute approximate surface area is 153 Å². The third-order valence-electron chi connectivity index (χ3n) is 3.08. The first-order chi connectivity index (χ1) is 12.2. The van der Waals surface area contributed by atoms with E-state index in [2.05, 4.69) is 15.3 Å². The second-order valence-corrected chi connectivity index (χ2v) is 6.92. The highest BCUT2D eigenvalue weighted by atomic mass is 32.2. The van der Waals surface area contributed by atoms with Crippen molar-refractivity contribution in [2.75, 3.05) is 11.1 Å². The molecule has 0 bridgehead atoms. The average molecular weight is 371 g/mol. The first-order valence-electron chi connectivity index (χ1n) is 7.43. The lowest BCUT2D eigenvalue weighted by atomic mass is 10.3. The Bertz CT molecular complexity index is 862. The number of amides is 1. The number of carbonyl (C=O) groups excluding carboxylic acids is 1. The van der Waals surface area contributed by atoms with Crippen LogP contribution in [-0.4, -0.2) is 21.6 Å². The second-order valence-electron chi connectivity index (χ2n) is 4.90. The van der Waals surface area contributed by atoms with E-state index in [4.69, 9.17) is 0 Å². The molecule has 126 valence electrons. The van der Waals surface area contributed by atoms with E-state index in [9.17, 15) is 9.18 Å². The standard InChI is InChI=1S/C18H14FN3OS2/c19-14-8-4-5-9-15(14)22-16(23)12-24-17-18(21-11-10-20-17)25-13-6-2-1-3-7-13/h1-11H,12H2,(H,22,23). The third kappa shape index (κ3) is 5.04. The summed E-state index contributed by atoms with van der Waals surface area (Å²) in [4.78, 5) is 21.7. The maximum atomic E-state index is 13.6. The number of hydrogen-bond donors (Lipinski definition) is 1. The van der Waals surface area contributed by atoms with Gasteiger partial charge in [0, 0.05) is 17.3 Å². The minimum absolute atomic E-state index is 0.120. The summed E-state index contributed by atoms with van der Waals surface area (Å²) in [5.74, 6) is -0.632. The van der Waals surface area contributed by atoms with Crippen molar-refractivity contribution in [2.24, 2.45) is 0 Å². The van der Waals surface area contributed by atoms with Crippen LogP contribution in [0.2, 0.25) is 0 Å². The van der Waals surface area contributed by atoms with Crippen LogP contribution in [0.4, 0.5) is 10.1 Å². The molecule has 0 unspecified atom stereocenters. The van der Waals surface area contributed by atoms with Crippen molar-refractivity contribution in [2.45, 2.75) is 14.9 Å². The fraction of sp³-hybridized carbons (Fsp3) is 0.0556. The van der Waals surface area contributed by atoms with Crippen LogP contribution in [0.1, 0.15) is 0 Å². The van der Waals surface area contributed by atoms with Crippen molar-refractivity contribution in [3.63, 3.8) is 0 Å². The molecule has 0 radical (unpaired) electrons. The molecule has 0 aliphatic carbocycles. The largest absolute Gasteiger partial charge is 0.323 e. The van der Waals surface area contributed by atoms with Crippen LogP contribution >= 0.6 is 23.5 Å². The maximum Gasteiger partial charge on any atom is 0.234 e. The molecule has 0 aliphatic heterocycles. The van der Waals surface area contributed by atoms with E-state index in [-0.39, 0.29) is 17.3 Å². The summed E-state index contributed by atoms with van der Waals surface area (Å²) in [6, 6.07) is 15.9. The molecule has 4 nitrogen and oxygen atoms in total. The van der Waals surface area contributed by atoms with Gasteiger partial charge in [0.2, 0.25) is 5.91 Å². The van der Waals surface area contributed by atoms with Crippen LogP contribution in [0.15, 0.2) is 81.9 Å². The predicted molar refractivity (Wildman–Crippen MR) is 98.4 cm³/mol. The quantitative estimate of drug-likeness (QED) is 0.647. The normalized spacial score (nSPS) is 10.4. The van der Waals surface area contributed by atoms with Crippen molar-refractivity contribution in [1.29, 1.82) is 0 Å². The highest BCUT2D eigenvalue weighted by Gasteiger charge is 2.12. The zero-order valence-corrected chi connectivity index (χ0v) is 14.7. The monoisotopic (exact) mass is 371 g/mol. The minimum atomic E-state index is -0.458. The number of para-hydroxylation sites is 1. The molecule has 1 aromatic heterocycles. The first-order valence-corrected chi connectivity index (χ1v) is 9.23. The van der Waals surface area contributed by atoms with Gasteiger partial charge in [-0.2, -0.15) is 0 Å². The van der Waals surface area contributed by atoms with Crippen LogP contribution in [0.3, 0.4) is 0 Å². The fourth-order valence-electron chi connectivity index (χ4n) is 1.96. The fourth-order valence-corrected chi connectivity index (χ4v) is 3.69. The lowest BCUT2D eigenvalue weighted by molar-refractivity contribution is -0.113. The summed E-state index contributed by atoms with van der Waals surface area (Å²) < 4.78 is 13.6. The summed E-state index contributed by atoms with van der Waals surface area (Å²) in [5.41, 5.74) is 0.172. The van der Waals surface area contributed by atoms with Gasteiger partial charge >= 0.3 is 0 Å². The van der Waals surface area contributed by atoms with E-state index in [0.717, 1.165) is 9.92 Å². The number of thioether (sulfide) groups is 1. The molecule has 0 spiro atoms. The van der Waals surface area contributed by atoms with Crippen molar-refractivity contribution >= 4 is 35.1 Å². The molecule has 0 atom stereocenters. The van der Waals surface area contributed by atoms with E-state index in [1.807, 2.05) is 30.3 Å². The van der Waals surface area contributed by atoms with Crippen LogP contribution in [0.25, 0.3) is 0 Å². The lowest BCUT2D eigenvalue weighted by Gasteiger charge is -2.08. The lowest BCUT2D eigenvalue weighted by Crippen LogP contribution is -2.15. The molecular weight excluding hydrogens is 357 g/mol. The summed E-state index contributed by atoms with van der Waals surface area (Å²) >= 11 is 2.76. The molecule has 7 heteroatoms. The van der Waals surface area contributed by atoms with Gasteiger partial charge in [-0.1, -0.05) is 53.9 Å². The minimum Gasteiger partial charge on any atom is -0.323 e. The highest BCUT2D eigenvalue weighted by molar-refractivity contribution is 8.02. The van der Waals surface area contributed by atoms with E-state index >= 15 is 0 Å². The zero-order chi connectivity index (χ0) is 17.5. The number of benzene rings is 2. The van der Waals surface area contributed by atoms with E-state index in [1.54, 1.807) is 24.5 Å². The molecule has 0 fully saturated rings. The number of aromatic nitrogens is 2. The van der Waals surface area contributed by atoms with Gasteiger partial charge in [0.05, 0.1) is 11.4 Å². The number of hydrogen-bond acceptors (Lipinski definition) is 5. The van der Waals surface area contributed by atoms with Gasteiger partial charge in [0.15, 0.2) is 0 Å². The smallest absolute Gasteiger partial charge is 0.234 e. The number of halogens is 1. The average Bonchev–Trinajstić information content (AvgIpc) is 2.64. The number of nitrogens with one attached hydrogen (secondary N) is 1. The molecule has 0 saturated carbocycles. The summed E-state index contributed by atoms with van der Waals surface area (Å²) in [7, 11) is 0. The molecular formula is C18H14FN3OS2. The van der Waals surface area contributed by atoms with Gasteiger partial charge in [-0.15, -0.1) is 0 Å². The maximum absolute atomic E-state index is 13.6.